The molecule has 0 aliphatic rings. The molecular weight excluding hydrogens is 328 g/mol. The highest BCUT2D eigenvalue weighted by atomic mass is 16.1. The Hall–Kier alpha value is -3.72. The van der Waals surface area contributed by atoms with E-state index in [1.807, 2.05) is 38.1 Å². The van der Waals surface area contributed by atoms with Gasteiger partial charge in [-0.15, -0.1) is 0 Å². The van der Waals surface area contributed by atoms with Gasteiger partial charge in [-0.3, -0.25) is 18.6 Å². The van der Waals surface area contributed by atoms with Gasteiger partial charge in [0, 0.05) is 6.20 Å². The molecule has 6 nitrogen and oxygen atoms in total. The second kappa shape index (κ2) is 5.67. The molecule has 0 saturated heterocycles. The van der Waals surface area contributed by atoms with Gasteiger partial charge < -0.3 is 0 Å². The molecule has 4 aromatic rings. The van der Waals surface area contributed by atoms with Gasteiger partial charge in [-0.05, 0) is 43.2 Å². The lowest BCUT2D eigenvalue weighted by atomic mass is 10.1. The minimum atomic E-state index is -0.482. The summed E-state index contributed by atoms with van der Waals surface area (Å²) >= 11 is 0. The van der Waals surface area contributed by atoms with Crippen LogP contribution in [0, 0.1) is 25.2 Å². The zero-order valence-electron chi connectivity index (χ0n) is 14.2. The van der Waals surface area contributed by atoms with E-state index in [0.717, 1.165) is 11.1 Å². The first-order valence-corrected chi connectivity index (χ1v) is 8.07. The molecule has 0 fully saturated rings. The van der Waals surface area contributed by atoms with Crippen LogP contribution < -0.4 is 11.1 Å². The number of aryl methyl sites for hydroxylation is 2. The largest absolute Gasteiger partial charge is 0.274 e. The topological polar surface area (TPSA) is 80.2 Å². The average Bonchev–Trinajstić information content (AvgIpc) is 2.63. The number of benzene rings is 1. The fraction of sp³-hybridized carbons (Fsp3) is 0.100. The van der Waals surface area contributed by atoms with Gasteiger partial charge in [0.15, 0.2) is 5.65 Å². The maximum atomic E-state index is 13.0. The van der Waals surface area contributed by atoms with Crippen LogP contribution >= 0.6 is 0 Å². The number of para-hydroxylation sites is 1. The molecule has 3 aromatic heterocycles. The number of fused-ring (bicyclic) bond motifs is 2. The van der Waals surface area contributed by atoms with E-state index in [0.29, 0.717) is 11.3 Å². The smallest absolute Gasteiger partial charge is 0.268 e. The summed E-state index contributed by atoms with van der Waals surface area (Å²) < 4.78 is 2.79. The first kappa shape index (κ1) is 15.8. The van der Waals surface area contributed by atoms with E-state index in [2.05, 4.69) is 4.98 Å². The summed E-state index contributed by atoms with van der Waals surface area (Å²) in [5.41, 5.74) is 2.17. The fourth-order valence-electron chi connectivity index (χ4n) is 3.26. The molecule has 0 aliphatic carbocycles. The van der Waals surface area contributed by atoms with Crippen LogP contribution in [0.5, 0.6) is 0 Å². The van der Waals surface area contributed by atoms with E-state index in [4.69, 9.17) is 0 Å². The summed E-state index contributed by atoms with van der Waals surface area (Å²) in [6, 6.07) is 14.1. The van der Waals surface area contributed by atoms with Crippen molar-refractivity contribution in [3.05, 3.63) is 86.1 Å². The Morgan fingerprint density at radius 2 is 1.73 bits per heavy atom. The predicted octanol–water partition coefficient (Wildman–Crippen LogP) is 2.49. The number of nitriles is 1. The number of hydrogen-bond acceptors (Lipinski definition) is 4. The van der Waals surface area contributed by atoms with Crippen LogP contribution in [-0.2, 0) is 0 Å². The number of pyridine rings is 2. The molecule has 26 heavy (non-hydrogen) atoms. The van der Waals surface area contributed by atoms with Crippen molar-refractivity contribution in [2.75, 3.05) is 0 Å². The van der Waals surface area contributed by atoms with Crippen molar-refractivity contribution in [1.82, 2.24) is 14.0 Å². The van der Waals surface area contributed by atoms with Crippen molar-refractivity contribution >= 4 is 16.7 Å². The van der Waals surface area contributed by atoms with Crippen LogP contribution in [0.25, 0.3) is 22.4 Å². The quantitative estimate of drug-likeness (QED) is 0.498. The van der Waals surface area contributed by atoms with Crippen molar-refractivity contribution in [1.29, 1.82) is 5.26 Å². The molecule has 0 spiro atoms. The third-order valence-electron chi connectivity index (χ3n) is 4.47. The molecule has 1 aromatic carbocycles. The lowest BCUT2D eigenvalue weighted by Gasteiger charge is -2.15. The molecule has 6 heteroatoms. The second-order valence-electron chi connectivity index (χ2n) is 6.13. The number of rotatable bonds is 1. The Morgan fingerprint density at radius 3 is 2.42 bits per heavy atom. The minimum Gasteiger partial charge on any atom is -0.268 e. The van der Waals surface area contributed by atoms with Crippen LogP contribution in [0.4, 0.5) is 0 Å². The summed E-state index contributed by atoms with van der Waals surface area (Å²) in [6.45, 7) is 3.76. The van der Waals surface area contributed by atoms with E-state index in [1.165, 1.54) is 15.0 Å². The normalized spacial score (nSPS) is 11.0. The van der Waals surface area contributed by atoms with Crippen LogP contribution in [0.2, 0.25) is 0 Å². The van der Waals surface area contributed by atoms with Gasteiger partial charge in [0.05, 0.1) is 11.1 Å². The van der Waals surface area contributed by atoms with Crippen LogP contribution in [-0.4, -0.2) is 14.0 Å². The van der Waals surface area contributed by atoms with Gasteiger partial charge in [-0.2, -0.15) is 5.26 Å². The Balaban J connectivity index is 2.33. The van der Waals surface area contributed by atoms with Crippen molar-refractivity contribution in [2.24, 2.45) is 0 Å². The number of aromatic nitrogens is 3. The number of nitrogens with zero attached hydrogens (tertiary/aromatic N) is 4. The van der Waals surface area contributed by atoms with E-state index in [-0.39, 0.29) is 22.2 Å². The van der Waals surface area contributed by atoms with Crippen molar-refractivity contribution < 1.29 is 0 Å². The Bertz CT molecular complexity index is 1340. The van der Waals surface area contributed by atoms with Crippen LogP contribution in [0.3, 0.4) is 0 Å². The first-order valence-electron chi connectivity index (χ1n) is 8.07. The Labute approximate surface area is 148 Å². The zero-order chi connectivity index (χ0) is 18.4. The van der Waals surface area contributed by atoms with Gasteiger partial charge >= 0.3 is 0 Å². The summed E-state index contributed by atoms with van der Waals surface area (Å²) in [4.78, 5) is 30.4. The van der Waals surface area contributed by atoms with E-state index >= 15 is 0 Å². The first-order chi connectivity index (χ1) is 12.5. The van der Waals surface area contributed by atoms with Gasteiger partial charge in [-0.1, -0.05) is 24.3 Å². The molecule has 0 N–H and O–H groups in total. The molecule has 0 amide bonds. The highest BCUT2D eigenvalue weighted by Gasteiger charge is 2.18. The minimum absolute atomic E-state index is 0.0880. The molecule has 126 valence electrons. The highest BCUT2D eigenvalue weighted by Crippen LogP contribution is 2.21. The fourth-order valence-corrected chi connectivity index (χ4v) is 3.26. The molecule has 0 bridgehead atoms. The Morgan fingerprint density at radius 1 is 1.00 bits per heavy atom. The summed E-state index contributed by atoms with van der Waals surface area (Å²) in [7, 11) is 0. The second-order valence-corrected chi connectivity index (χ2v) is 6.13. The zero-order valence-corrected chi connectivity index (χ0v) is 14.2. The Kier molecular flexibility index (Phi) is 3.44. The third-order valence-corrected chi connectivity index (χ3v) is 4.47. The number of hydrogen-bond donors (Lipinski definition) is 0. The molecule has 0 radical (unpaired) electrons. The molecule has 0 atom stereocenters. The molecule has 0 saturated carbocycles. The van der Waals surface area contributed by atoms with E-state index in [9.17, 15) is 14.9 Å². The summed E-state index contributed by atoms with van der Waals surface area (Å²) in [6.07, 6.45) is 1.62. The predicted molar refractivity (Wildman–Crippen MR) is 98.8 cm³/mol. The maximum absolute atomic E-state index is 13.0. The van der Waals surface area contributed by atoms with E-state index in [1.54, 1.807) is 24.4 Å². The average molecular weight is 342 g/mol. The highest BCUT2D eigenvalue weighted by molar-refractivity contribution is 5.80. The molecule has 0 unspecified atom stereocenters. The van der Waals surface area contributed by atoms with Crippen molar-refractivity contribution in [3.63, 3.8) is 0 Å². The maximum Gasteiger partial charge on any atom is 0.274 e. The molecular formula is C20H14N4O2. The molecule has 3 heterocycles. The molecule has 0 aliphatic heterocycles. The molecule has 4 rings (SSSR count). The lowest BCUT2D eigenvalue weighted by Crippen LogP contribution is -2.27. The van der Waals surface area contributed by atoms with Gasteiger partial charge in [-0.25, -0.2) is 4.98 Å². The third kappa shape index (κ3) is 2.15. The van der Waals surface area contributed by atoms with Gasteiger partial charge in [0.2, 0.25) is 0 Å². The standard InChI is InChI=1S/C20H14N4O2/c1-12-6-5-7-13(2)17(12)24-18-15(10-14(11-21)19(24)25)20(26)23-9-4-3-8-16(23)22-18/h3-10H,1-2H3. The lowest BCUT2D eigenvalue weighted by molar-refractivity contribution is 0.965. The summed E-state index contributed by atoms with van der Waals surface area (Å²) in [5, 5.41) is 9.63. The van der Waals surface area contributed by atoms with E-state index < -0.39 is 5.56 Å². The summed E-state index contributed by atoms with van der Waals surface area (Å²) in [5.74, 6) is 0. The van der Waals surface area contributed by atoms with Crippen LogP contribution in [0.15, 0.2) is 58.3 Å². The monoisotopic (exact) mass is 342 g/mol. The van der Waals surface area contributed by atoms with Crippen molar-refractivity contribution in [2.45, 2.75) is 13.8 Å². The van der Waals surface area contributed by atoms with Gasteiger partial charge in [0.1, 0.15) is 17.3 Å². The van der Waals surface area contributed by atoms with Gasteiger partial charge in [0.25, 0.3) is 11.1 Å². The SMILES string of the molecule is Cc1cccc(C)c1-n1c(=O)c(C#N)cc2c(=O)n3ccccc3nc21. The van der Waals surface area contributed by atoms with Crippen LogP contribution in [0.1, 0.15) is 16.7 Å². The van der Waals surface area contributed by atoms with Crippen molar-refractivity contribution in [3.8, 4) is 11.8 Å².